The summed E-state index contributed by atoms with van der Waals surface area (Å²) < 4.78 is 39.8. The molecule has 10 nitrogen and oxygen atoms in total. The molecule has 2 saturated heterocycles. The molecule has 3 aromatic rings. The van der Waals surface area contributed by atoms with Gasteiger partial charge in [0.25, 0.3) is 0 Å². The Morgan fingerprint density at radius 1 is 1.20 bits per heavy atom. The van der Waals surface area contributed by atoms with Crippen LogP contribution in [0.1, 0.15) is 24.9 Å². The largest absolute Gasteiger partial charge is 0.494 e. The third-order valence-corrected chi connectivity index (χ3v) is 6.73. The maximum atomic E-state index is 14.6. The third-order valence-electron chi connectivity index (χ3n) is 6.73. The van der Waals surface area contributed by atoms with Crippen molar-refractivity contribution >= 4 is 34.6 Å². The van der Waals surface area contributed by atoms with Crippen LogP contribution in [0.4, 0.5) is 37.5 Å². The molecule has 0 aliphatic carbocycles. The summed E-state index contributed by atoms with van der Waals surface area (Å²) in [6, 6.07) is 8.75. The number of carbonyl (C=O) groups excluding carboxylic acids is 1. The molecule has 1 amide bonds. The highest BCUT2D eigenvalue weighted by atomic mass is 19.2. The van der Waals surface area contributed by atoms with E-state index in [1.165, 1.54) is 29.6 Å². The number of hydrogen-bond donors (Lipinski definition) is 2. The molecular weight excluding hydrogens is 522 g/mol. The van der Waals surface area contributed by atoms with Crippen molar-refractivity contribution in [3.05, 3.63) is 72.6 Å². The molecule has 2 fully saturated rings. The van der Waals surface area contributed by atoms with Crippen molar-refractivity contribution < 1.29 is 27.9 Å². The van der Waals surface area contributed by atoms with Crippen LogP contribution in [0.25, 0.3) is 0 Å². The zero-order chi connectivity index (χ0) is 28.2. The number of nitrogens with zero attached hydrogens (tertiary/aromatic N) is 4. The van der Waals surface area contributed by atoms with E-state index in [1.54, 1.807) is 19.2 Å². The second-order valence-electron chi connectivity index (χ2n) is 9.38. The lowest BCUT2D eigenvalue weighted by molar-refractivity contribution is -0.111. The molecule has 2 atom stereocenters. The van der Waals surface area contributed by atoms with Crippen LogP contribution in [0.5, 0.6) is 5.75 Å². The first-order chi connectivity index (χ1) is 19.4. The third kappa shape index (κ3) is 5.68. The summed E-state index contributed by atoms with van der Waals surface area (Å²) in [6.45, 7) is 7.71. The minimum atomic E-state index is -0.921. The number of morpholine rings is 1. The normalized spacial score (nSPS) is 18.9. The van der Waals surface area contributed by atoms with E-state index in [4.69, 9.17) is 14.3 Å². The van der Waals surface area contributed by atoms with Crippen LogP contribution < -0.4 is 25.3 Å². The minimum absolute atomic E-state index is 0.0254. The van der Waals surface area contributed by atoms with E-state index in [9.17, 15) is 13.6 Å². The highest BCUT2D eigenvalue weighted by Gasteiger charge is 2.32. The van der Waals surface area contributed by atoms with Crippen molar-refractivity contribution in [2.45, 2.75) is 25.5 Å². The average Bonchev–Trinajstić information content (AvgIpc) is 3.44. The van der Waals surface area contributed by atoms with Crippen molar-refractivity contribution in [2.75, 3.05) is 54.0 Å². The van der Waals surface area contributed by atoms with Crippen molar-refractivity contribution in [1.82, 2.24) is 9.97 Å². The van der Waals surface area contributed by atoms with Crippen LogP contribution in [-0.2, 0) is 14.4 Å². The monoisotopic (exact) mass is 552 g/mol. The number of ether oxygens (including phenoxy) is 2. The molecule has 2 aliphatic heterocycles. The number of hydrogen-bond acceptors (Lipinski definition) is 9. The van der Waals surface area contributed by atoms with Gasteiger partial charge in [-0.1, -0.05) is 18.7 Å². The first-order valence-electron chi connectivity index (χ1n) is 12.8. The molecule has 40 heavy (non-hydrogen) atoms. The Balaban J connectivity index is 1.46. The maximum absolute atomic E-state index is 14.6. The van der Waals surface area contributed by atoms with E-state index >= 15 is 0 Å². The molecule has 5 rings (SSSR count). The van der Waals surface area contributed by atoms with Gasteiger partial charge in [0, 0.05) is 37.2 Å². The van der Waals surface area contributed by atoms with Gasteiger partial charge in [-0.2, -0.15) is 0 Å². The second kappa shape index (κ2) is 11.8. The van der Waals surface area contributed by atoms with Gasteiger partial charge in [0.2, 0.25) is 5.91 Å². The fraction of sp³-hybridized carbons (Fsp3) is 0.321. The van der Waals surface area contributed by atoms with Crippen LogP contribution >= 0.6 is 0 Å². The Labute approximate surface area is 230 Å². The topological polar surface area (TPSA) is 101 Å². The van der Waals surface area contributed by atoms with E-state index in [0.29, 0.717) is 61.5 Å². The quantitative estimate of drug-likeness (QED) is 0.384. The Bertz CT molecular complexity index is 1410. The van der Waals surface area contributed by atoms with Crippen LogP contribution in [0.15, 0.2) is 55.4 Å². The number of anilines is 5. The number of carbonyl (C=O) groups is 1. The number of rotatable bonds is 8. The highest BCUT2D eigenvalue weighted by molar-refractivity contribution is 6.02. The van der Waals surface area contributed by atoms with Crippen molar-refractivity contribution in [3.8, 4) is 5.75 Å². The molecule has 210 valence electrons. The van der Waals surface area contributed by atoms with Crippen LogP contribution in [0.2, 0.25) is 0 Å². The second-order valence-corrected chi connectivity index (χ2v) is 9.38. The minimum Gasteiger partial charge on any atom is -0.494 e. The Hall–Kier alpha value is -4.29. The maximum Gasteiger partial charge on any atom is 0.247 e. The van der Waals surface area contributed by atoms with Crippen LogP contribution in [0, 0.1) is 11.6 Å². The lowest BCUT2D eigenvalue weighted by Gasteiger charge is -2.34. The highest BCUT2D eigenvalue weighted by Crippen LogP contribution is 2.40. The summed E-state index contributed by atoms with van der Waals surface area (Å²) in [4.78, 5) is 28.8. The van der Waals surface area contributed by atoms with Gasteiger partial charge < -0.3 is 25.0 Å². The van der Waals surface area contributed by atoms with Gasteiger partial charge in [0.05, 0.1) is 49.5 Å². The fourth-order valence-corrected chi connectivity index (χ4v) is 4.85. The van der Waals surface area contributed by atoms with E-state index in [1.807, 2.05) is 13.0 Å². The molecule has 2 aromatic carbocycles. The predicted molar refractivity (Wildman–Crippen MR) is 147 cm³/mol. The number of nitrogens with one attached hydrogen (secondary N) is 2. The first-order valence-corrected chi connectivity index (χ1v) is 12.8. The molecule has 0 saturated carbocycles. The fourth-order valence-electron chi connectivity index (χ4n) is 4.85. The number of benzene rings is 2. The molecule has 1 aromatic heterocycles. The van der Waals surface area contributed by atoms with Crippen molar-refractivity contribution in [1.29, 1.82) is 0 Å². The summed E-state index contributed by atoms with van der Waals surface area (Å²) in [5.41, 5.74) is 2.05. The molecule has 3 heterocycles. The predicted octanol–water partition coefficient (Wildman–Crippen LogP) is 4.74. The van der Waals surface area contributed by atoms with Crippen molar-refractivity contribution in [3.63, 3.8) is 0 Å². The molecule has 0 bridgehead atoms. The zero-order valence-corrected chi connectivity index (χ0v) is 22.2. The number of halogens is 2. The summed E-state index contributed by atoms with van der Waals surface area (Å²) in [5.74, 6) is -0.916. The van der Waals surface area contributed by atoms with Gasteiger partial charge in [-0.25, -0.2) is 23.8 Å². The zero-order valence-electron chi connectivity index (χ0n) is 22.2. The Morgan fingerprint density at radius 2 is 2.05 bits per heavy atom. The summed E-state index contributed by atoms with van der Waals surface area (Å²) in [7, 11) is 1.55. The van der Waals surface area contributed by atoms with Gasteiger partial charge in [-0.15, -0.1) is 0 Å². The van der Waals surface area contributed by atoms with Gasteiger partial charge in [0.15, 0.2) is 17.5 Å². The smallest absolute Gasteiger partial charge is 0.247 e. The van der Waals surface area contributed by atoms with Crippen LogP contribution in [0.3, 0.4) is 0 Å². The molecular formula is C28H30F2N6O4. The molecule has 0 radical (unpaired) electrons. The average molecular weight is 553 g/mol. The summed E-state index contributed by atoms with van der Waals surface area (Å²) in [5, 5.41) is 7.56. The summed E-state index contributed by atoms with van der Waals surface area (Å²) >= 11 is 0. The van der Waals surface area contributed by atoms with E-state index < -0.39 is 17.7 Å². The molecule has 12 heteroatoms. The Kier molecular flexibility index (Phi) is 8.08. The molecule has 2 N–H and O–H groups in total. The first kappa shape index (κ1) is 27.3. The molecule has 0 spiro atoms. The summed E-state index contributed by atoms with van der Waals surface area (Å²) in [6.07, 6.45) is 3.02. The van der Waals surface area contributed by atoms with Crippen LogP contribution in [-0.4, -0.2) is 55.4 Å². The van der Waals surface area contributed by atoms with E-state index in [0.717, 1.165) is 11.8 Å². The van der Waals surface area contributed by atoms with Gasteiger partial charge in [-0.3, -0.25) is 9.63 Å². The number of methoxy groups -OCH3 is 1. The van der Waals surface area contributed by atoms with E-state index in [2.05, 4.69) is 32.1 Å². The number of aromatic nitrogens is 2. The van der Waals surface area contributed by atoms with Gasteiger partial charge in [0.1, 0.15) is 17.9 Å². The Morgan fingerprint density at radius 3 is 2.83 bits per heavy atom. The lowest BCUT2D eigenvalue weighted by Crippen LogP contribution is -2.41. The number of hydroxylamine groups is 1. The SMILES string of the molecule is C=CC(=O)Nc1cc(Nc2cc(N3OCC[C@@H]3c3cccc(F)c3F)ncn2)c(OC)cc1N1CCO[C@@H](C)C1. The standard InChI is InChI=1S/C28H30F2N6O4/c1-4-27(37)34-20-12-21(24(38-3)13-23(20)35-9-11-39-17(2)15-35)33-25-14-26(32-16-31-25)36-22(8-10-40-36)18-6-5-7-19(29)28(18)30/h4-7,12-14,16-17,22H,1,8-11,15H2,2-3H3,(H,34,37)(H,31,32,33)/t17-,22+/m0/s1. The van der Waals surface area contributed by atoms with E-state index in [-0.39, 0.29) is 17.6 Å². The molecule has 2 aliphatic rings. The lowest BCUT2D eigenvalue weighted by atomic mass is 10.0. The molecule has 0 unspecified atom stereocenters. The van der Waals surface area contributed by atoms with Gasteiger partial charge >= 0.3 is 0 Å². The van der Waals surface area contributed by atoms with Gasteiger partial charge in [-0.05, 0) is 25.1 Å². The van der Waals surface area contributed by atoms with Crippen molar-refractivity contribution in [2.24, 2.45) is 0 Å². The number of amides is 1.